The summed E-state index contributed by atoms with van der Waals surface area (Å²) in [6, 6.07) is 5.87. The zero-order chi connectivity index (χ0) is 17.1. The first-order valence-electron chi connectivity index (χ1n) is 7.91. The van der Waals surface area contributed by atoms with Gasteiger partial charge in [-0.2, -0.15) is 4.98 Å². The van der Waals surface area contributed by atoms with Gasteiger partial charge in [-0.3, -0.25) is 4.79 Å². The average Bonchev–Trinajstić information content (AvgIpc) is 3.09. The minimum Gasteiger partial charge on any atom is -0.361 e. The number of halogens is 1. The smallest absolute Gasteiger partial charge is 0.258 e. The van der Waals surface area contributed by atoms with Crippen molar-refractivity contribution in [2.75, 3.05) is 42.3 Å². The molecule has 1 aliphatic heterocycles. The van der Waals surface area contributed by atoms with Crippen molar-refractivity contribution in [3.63, 3.8) is 0 Å². The quantitative estimate of drug-likeness (QED) is 0.934. The van der Waals surface area contributed by atoms with Gasteiger partial charge in [0.05, 0.1) is 11.8 Å². The van der Waals surface area contributed by atoms with Crippen LogP contribution in [0.15, 0.2) is 30.5 Å². The molecule has 126 valence electrons. The molecule has 1 aromatic carbocycles. The van der Waals surface area contributed by atoms with E-state index in [0.717, 1.165) is 25.9 Å². The lowest BCUT2D eigenvalue weighted by atomic mass is 10.2. The number of benzene rings is 1. The second-order valence-corrected chi connectivity index (χ2v) is 5.93. The zero-order valence-electron chi connectivity index (χ0n) is 13.8. The maximum atomic E-state index is 13.8. The van der Waals surface area contributed by atoms with Crippen molar-refractivity contribution in [2.45, 2.75) is 12.8 Å². The third-order valence-corrected chi connectivity index (χ3v) is 3.94. The highest BCUT2D eigenvalue weighted by molar-refractivity contribution is 6.05. The van der Waals surface area contributed by atoms with Crippen molar-refractivity contribution in [1.82, 2.24) is 9.97 Å². The number of nitrogens with one attached hydrogen (secondary N) is 1. The number of carbonyl (C=O) groups is 1. The summed E-state index contributed by atoms with van der Waals surface area (Å²) in [6.45, 7) is 1.88. The van der Waals surface area contributed by atoms with Crippen LogP contribution in [0.5, 0.6) is 0 Å². The lowest BCUT2D eigenvalue weighted by Crippen LogP contribution is -2.24. The number of anilines is 3. The highest BCUT2D eigenvalue weighted by Gasteiger charge is 2.19. The Hall–Kier alpha value is -2.70. The molecule has 0 saturated carbocycles. The van der Waals surface area contributed by atoms with Crippen molar-refractivity contribution in [3.8, 4) is 0 Å². The van der Waals surface area contributed by atoms with Gasteiger partial charge in [0, 0.05) is 27.2 Å². The Morgan fingerprint density at radius 3 is 2.62 bits per heavy atom. The van der Waals surface area contributed by atoms with E-state index in [4.69, 9.17) is 0 Å². The number of aromatic nitrogens is 2. The molecule has 0 unspecified atom stereocenters. The largest absolute Gasteiger partial charge is 0.361 e. The number of nitrogens with zero attached hydrogens (tertiary/aromatic N) is 4. The van der Waals surface area contributed by atoms with Gasteiger partial charge >= 0.3 is 0 Å². The highest BCUT2D eigenvalue weighted by Crippen LogP contribution is 2.26. The van der Waals surface area contributed by atoms with E-state index >= 15 is 0 Å². The average molecular weight is 329 g/mol. The van der Waals surface area contributed by atoms with E-state index in [2.05, 4.69) is 20.2 Å². The van der Waals surface area contributed by atoms with Crippen LogP contribution in [-0.4, -0.2) is 43.1 Å². The number of amides is 1. The zero-order valence-corrected chi connectivity index (χ0v) is 13.8. The highest BCUT2D eigenvalue weighted by atomic mass is 19.1. The summed E-state index contributed by atoms with van der Waals surface area (Å²) in [4.78, 5) is 25.1. The van der Waals surface area contributed by atoms with Gasteiger partial charge in [0.1, 0.15) is 11.5 Å². The van der Waals surface area contributed by atoms with Crippen molar-refractivity contribution in [1.29, 1.82) is 0 Å². The van der Waals surface area contributed by atoms with E-state index in [1.807, 2.05) is 14.1 Å². The van der Waals surface area contributed by atoms with Crippen LogP contribution in [0, 0.1) is 5.82 Å². The van der Waals surface area contributed by atoms with Crippen LogP contribution in [0.2, 0.25) is 0 Å². The van der Waals surface area contributed by atoms with Crippen LogP contribution in [-0.2, 0) is 0 Å². The minimum atomic E-state index is -0.559. The van der Waals surface area contributed by atoms with E-state index in [9.17, 15) is 9.18 Å². The normalized spacial score (nSPS) is 13.9. The van der Waals surface area contributed by atoms with Gasteiger partial charge < -0.3 is 15.1 Å². The summed E-state index contributed by atoms with van der Waals surface area (Å²) in [5.74, 6) is 0.168. The van der Waals surface area contributed by atoms with E-state index in [0.29, 0.717) is 17.5 Å². The van der Waals surface area contributed by atoms with E-state index < -0.39 is 11.7 Å². The van der Waals surface area contributed by atoms with Gasteiger partial charge in [-0.1, -0.05) is 12.1 Å². The van der Waals surface area contributed by atoms with Crippen LogP contribution in [0.1, 0.15) is 23.2 Å². The Morgan fingerprint density at radius 1 is 1.25 bits per heavy atom. The first-order chi connectivity index (χ1) is 11.6. The Morgan fingerprint density at radius 2 is 1.96 bits per heavy atom. The predicted molar refractivity (Wildman–Crippen MR) is 92.2 cm³/mol. The van der Waals surface area contributed by atoms with Gasteiger partial charge in [-0.25, -0.2) is 9.37 Å². The van der Waals surface area contributed by atoms with Gasteiger partial charge in [-0.15, -0.1) is 0 Å². The standard InChI is InChI=1S/C17H20FN5O/c1-22(2)15-14(11-19-17(21-15)23-9-5-6-10-23)20-16(24)12-7-3-4-8-13(12)18/h3-4,7-8,11H,5-6,9-10H2,1-2H3,(H,20,24). The minimum absolute atomic E-state index is 0.00849. The summed E-state index contributed by atoms with van der Waals surface area (Å²) in [5, 5.41) is 2.70. The van der Waals surface area contributed by atoms with E-state index in [-0.39, 0.29) is 5.56 Å². The fourth-order valence-corrected chi connectivity index (χ4v) is 2.70. The van der Waals surface area contributed by atoms with E-state index in [1.165, 1.54) is 12.1 Å². The molecule has 0 bridgehead atoms. The number of hydrogen-bond acceptors (Lipinski definition) is 5. The molecule has 7 heteroatoms. The summed E-state index contributed by atoms with van der Waals surface area (Å²) < 4.78 is 13.8. The van der Waals surface area contributed by atoms with Crippen molar-refractivity contribution < 1.29 is 9.18 Å². The Balaban J connectivity index is 1.87. The molecule has 6 nitrogen and oxygen atoms in total. The second kappa shape index (κ2) is 6.82. The molecule has 1 saturated heterocycles. The summed E-state index contributed by atoms with van der Waals surface area (Å²) in [5.41, 5.74) is 0.446. The first-order valence-corrected chi connectivity index (χ1v) is 7.91. The maximum Gasteiger partial charge on any atom is 0.258 e. The maximum absolute atomic E-state index is 13.8. The summed E-state index contributed by atoms with van der Waals surface area (Å²) >= 11 is 0. The van der Waals surface area contributed by atoms with Crippen LogP contribution in [0.3, 0.4) is 0 Å². The molecule has 1 amide bonds. The molecule has 24 heavy (non-hydrogen) atoms. The molecule has 1 aliphatic rings. The second-order valence-electron chi connectivity index (χ2n) is 5.93. The fraction of sp³-hybridized carbons (Fsp3) is 0.353. The third-order valence-electron chi connectivity index (χ3n) is 3.94. The Kier molecular flexibility index (Phi) is 4.59. The molecule has 2 heterocycles. The van der Waals surface area contributed by atoms with Gasteiger partial charge in [0.2, 0.25) is 5.95 Å². The SMILES string of the molecule is CN(C)c1nc(N2CCCC2)ncc1NC(=O)c1ccccc1F. The van der Waals surface area contributed by atoms with Crippen molar-refractivity contribution in [2.24, 2.45) is 0 Å². The summed E-state index contributed by atoms with van der Waals surface area (Å²) in [7, 11) is 3.68. The molecule has 3 rings (SSSR count). The Bertz CT molecular complexity index is 744. The summed E-state index contributed by atoms with van der Waals surface area (Å²) in [6.07, 6.45) is 3.84. The van der Waals surface area contributed by atoms with Crippen LogP contribution < -0.4 is 15.1 Å². The third kappa shape index (κ3) is 3.29. The van der Waals surface area contributed by atoms with Crippen LogP contribution in [0.4, 0.5) is 21.8 Å². The topological polar surface area (TPSA) is 61.4 Å². The first kappa shape index (κ1) is 16.2. The van der Waals surface area contributed by atoms with Gasteiger partial charge in [0.15, 0.2) is 5.82 Å². The molecule has 0 aliphatic carbocycles. The molecule has 0 radical (unpaired) electrons. The van der Waals surface area contributed by atoms with E-state index in [1.54, 1.807) is 23.2 Å². The number of hydrogen-bond donors (Lipinski definition) is 1. The molecular weight excluding hydrogens is 309 g/mol. The van der Waals surface area contributed by atoms with Crippen molar-refractivity contribution in [3.05, 3.63) is 41.8 Å². The van der Waals surface area contributed by atoms with Crippen LogP contribution in [0.25, 0.3) is 0 Å². The molecule has 1 N–H and O–H groups in total. The molecular formula is C17H20FN5O. The Labute approximate surface area is 140 Å². The number of rotatable bonds is 4. The predicted octanol–water partition coefficient (Wildman–Crippen LogP) is 2.53. The molecule has 1 aromatic heterocycles. The number of carbonyl (C=O) groups excluding carboxylic acids is 1. The molecule has 2 aromatic rings. The van der Waals surface area contributed by atoms with Crippen molar-refractivity contribution >= 4 is 23.4 Å². The molecule has 0 spiro atoms. The van der Waals surface area contributed by atoms with Gasteiger partial charge in [-0.05, 0) is 25.0 Å². The lowest BCUT2D eigenvalue weighted by molar-refractivity contribution is 0.102. The van der Waals surface area contributed by atoms with Crippen LogP contribution >= 0.6 is 0 Å². The monoisotopic (exact) mass is 329 g/mol. The fourth-order valence-electron chi connectivity index (χ4n) is 2.70. The lowest BCUT2D eigenvalue weighted by Gasteiger charge is -2.21. The molecule has 1 fully saturated rings. The van der Waals surface area contributed by atoms with Gasteiger partial charge in [0.25, 0.3) is 5.91 Å². The molecule has 0 atom stereocenters.